The summed E-state index contributed by atoms with van der Waals surface area (Å²) in [5.41, 5.74) is 1.28. The van der Waals surface area contributed by atoms with Crippen molar-refractivity contribution in [1.82, 2.24) is 9.62 Å². The smallest absolute Gasteiger partial charge is 0.254 e. The fourth-order valence-corrected chi connectivity index (χ4v) is 4.58. The number of para-hydroxylation sites is 1. The number of ether oxygens (including phenoxy) is 1. The van der Waals surface area contributed by atoms with Gasteiger partial charge in [0.2, 0.25) is 10.0 Å². The van der Waals surface area contributed by atoms with Crippen LogP contribution in [0, 0.1) is 0 Å². The molecule has 3 rings (SSSR count). The first-order valence-corrected chi connectivity index (χ1v) is 10.1. The van der Waals surface area contributed by atoms with Crippen molar-refractivity contribution in [3.05, 3.63) is 54.1 Å². The number of carbonyl (C=O) groups is 1. The molecule has 0 bridgehead atoms. The molecular formula is C19H23N3O4S. The minimum absolute atomic E-state index is 0.0926. The summed E-state index contributed by atoms with van der Waals surface area (Å²) in [6, 6.07) is 14.3. The minimum atomic E-state index is -3.69. The largest absolute Gasteiger partial charge is 0.496 e. The van der Waals surface area contributed by atoms with E-state index in [1.165, 1.54) is 36.7 Å². The highest BCUT2D eigenvalue weighted by molar-refractivity contribution is 7.89. The molecule has 2 aromatic carbocycles. The van der Waals surface area contributed by atoms with E-state index in [0.717, 1.165) is 5.69 Å². The van der Waals surface area contributed by atoms with Gasteiger partial charge < -0.3 is 15.0 Å². The molecule has 0 aliphatic carbocycles. The number of sulfonamides is 1. The van der Waals surface area contributed by atoms with E-state index in [9.17, 15) is 13.2 Å². The Labute approximate surface area is 159 Å². The van der Waals surface area contributed by atoms with Crippen LogP contribution in [0.3, 0.4) is 0 Å². The highest BCUT2D eigenvalue weighted by Crippen LogP contribution is 2.26. The first-order chi connectivity index (χ1) is 13.0. The average molecular weight is 389 g/mol. The van der Waals surface area contributed by atoms with E-state index in [2.05, 4.69) is 10.2 Å². The molecular weight excluding hydrogens is 366 g/mol. The fourth-order valence-electron chi connectivity index (χ4n) is 3.13. The summed E-state index contributed by atoms with van der Waals surface area (Å²) < 4.78 is 32.7. The van der Waals surface area contributed by atoms with Crippen molar-refractivity contribution >= 4 is 21.6 Å². The lowest BCUT2D eigenvalue weighted by Gasteiger charge is -2.35. The van der Waals surface area contributed by atoms with Gasteiger partial charge in [-0.2, -0.15) is 4.31 Å². The summed E-state index contributed by atoms with van der Waals surface area (Å²) in [5.74, 6) is -0.0556. The summed E-state index contributed by atoms with van der Waals surface area (Å²) in [6.45, 7) is 2.00. The molecule has 1 N–H and O–H groups in total. The second kappa shape index (κ2) is 7.98. The van der Waals surface area contributed by atoms with Crippen molar-refractivity contribution in [3.63, 3.8) is 0 Å². The van der Waals surface area contributed by atoms with E-state index in [0.29, 0.717) is 31.9 Å². The number of hydrogen-bond acceptors (Lipinski definition) is 5. The van der Waals surface area contributed by atoms with Gasteiger partial charge >= 0.3 is 0 Å². The van der Waals surface area contributed by atoms with Gasteiger partial charge in [-0.05, 0) is 30.3 Å². The third kappa shape index (κ3) is 3.91. The van der Waals surface area contributed by atoms with Gasteiger partial charge in [0.15, 0.2) is 0 Å². The SMILES string of the molecule is CNC(=O)c1cc(S(=O)(=O)N2CCN(c3ccccc3)CC2)ccc1OC. The molecule has 1 fully saturated rings. The van der Waals surface area contributed by atoms with Gasteiger partial charge in [-0.25, -0.2) is 8.42 Å². The fraction of sp³-hybridized carbons (Fsp3) is 0.316. The molecule has 8 heteroatoms. The molecule has 1 aliphatic rings. The maximum atomic E-state index is 13.0. The van der Waals surface area contributed by atoms with Crippen LogP contribution in [0.25, 0.3) is 0 Å². The lowest BCUT2D eigenvalue weighted by Crippen LogP contribution is -2.48. The summed E-state index contributed by atoms with van der Waals surface area (Å²) in [5, 5.41) is 2.50. The number of anilines is 1. The molecule has 144 valence electrons. The quantitative estimate of drug-likeness (QED) is 0.840. The second-order valence-corrected chi connectivity index (χ2v) is 8.11. The Morgan fingerprint density at radius 3 is 2.30 bits per heavy atom. The van der Waals surface area contributed by atoms with E-state index < -0.39 is 15.9 Å². The number of benzene rings is 2. The molecule has 0 atom stereocenters. The highest BCUT2D eigenvalue weighted by Gasteiger charge is 2.29. The van der Waals surface area contributed by atoms with E-state index in [1.54, 1.807) is 0 Å². The van der Waals surface area contributed by atoms with Gasteiger partial charge in [0.25, 0.3) is 5.91 Å². The Bertz CT molecular complexity index is 908. The third-order valence-electron chi connectivity index (χ3n) is 4.64. The zero-order valence-corrected chi connectivity index (χ0v) is 16.2. The number of rotatable bonds is 5. The Morgan fingerprint density at radius 2 is 1.70 bits per heavy atom. The summed E-state index contributed by atoms with van der Waals surface area (Å²) in [4.78, 5) is 14.3. The normalized spacial score (nSPS) is 15.4. The van der Waals surface area contributed by atoms with Gasteiger partial charge in [-0.15, -0.1) is 0 Å². The van der Waals surface area contributed by atoms with Crippen molar-refractivity contribution in [1.29, 1.82) is 0 Å². The summed E-state index contributed by atoms with van der Waals surface area (Å²) in [6.07, 6.45) is 0. The van der Waals surface area contributed by atoms with Gasteiger partial charge in [0.1, 0.15) is 5.75 Å². The van der Waals surface area contributed by atoms with Gasteiger partial charge in [0, 0.05) is 38.9 Å². The standard InChI is InChI=1S/C19H23N3O4S/c1-20-19(23)17-14-16(8-9-18(17)26-2)27(24,25)22-12-10-21(11-13-22)15-6-4-3-5-7-15/h3-9,14H,10-13H2,1-2H3,(H,20,23). The monoisotopic (exact) mass is 389 g/mol. The predicted molar refractivity (Wildman–Crippen MR) is 104 cm³/mol. The van der Waals surface area contributed by atoms with Crippen LogP contribution in [-0.4, -0.2) is 59.0 Å². The molecule has 1 aliphatic heterocycles. The molecule has 0 unspecified atom stereocenters. The van der Waals surface area contributed by atoms with E-state index >= 15 is 0 Å². The number of piperazine rings is 1. The number of hydrogen-bond donors (Lipinski definition) is 1. The molecule has 2 aromatic rings. The van der Waals surface area contributed by atoms with E-state index in [4.69, 9.17) is 4.74 Å². The van der Waals surface area contributed by atoms with Gasteiger partial charge in [-0.1, -0.05) is 18.2 Å². The van der Waals surface area contributed by atoms with E-state index in [-0.39, 0.29) is 10.5 Å². The summed E-state index contributed by atoms with van der Waals surface area (Å²) >= 11 is 0. The Balaban J connectivity index is 1.80. The van der Waals surface area contributed by atoms with Gasteiger partial charge in [-0.3, -0.25) is 4.79 Å². The molecule has 0 aromatic heterocycles. The molecule has 1 amide bonds. The Hall–Kier alpha value is -2.58. The minimum Gasteiger partial charge on any atom is -0.496 e. The molecule has 0 saturated carbocycles. The van der Waals surface area contributed by atoms with Crippen LogP contribution in [0.2, 0.25) is 0 Å². The van der Waals surface area contributed by atoms with Crippen molar-refractivity contribution in [2.75, 3.05) is 45.2 Å². The van der Waals surface area contributed by atoms with Crippen LogP contribution in [0.15, 0.2) is 53.4 Å². The van der Waals surface area contributed by atoms with Crippen molar-refractivity contribution < 1.29 is 17.9 Å². The maximum Gasteiger partial charge on any atom is 0.254 e. The molecule has 1 saturated heterocycles. The van der Waals surface area contributed by atoms with E-state index in [1.807, 2.05) is 30.3 Å². The number of nitrogens with one attached hydrogen (secondary N) is 1. The topological polar surface area (TPSA) is 79.0 Å². The predicted octanol–water partition coefficient (Wildman–Crippen LogP) is 1.57. The average Bonchev–Trinajstić information content (AvgIpc) is 2.73. The number of amides is 1. The Kier molecular flexibility index (Phi) is 5.67. The third-order valence-corrected chi connectivity index (χ3v) is 6.54. The lowest BCUT2D eigenvalue weighted by molar-refractivity contribution is 0.0960. The zero-order chi connectivity index (χ0) is 19.4. The van der Waals surface area contributed by atoms with Gasteiger partial charge in [0.05, 0.1) is 17.6 Å². The number of carbonyl (C=O) groups excluding carboxylic acids is 1. The summed E-state index contributed by atoms with van der Waals surface area (Å²) in [7, 11) is -0.751. The maximum absolute atomic E-state index is 13.0. The van der Waals surface area contributed by atoms with Crippen molar-refractivity contribution in [2.24, 2.45) is 0 Å². The number of methoxy groups -OCH3 is 1. The first kappa shape index (κ1) is 19.2. The highest BCUT2D eigenvalue weighted by atomic mass is 32.2. The Morgan fingerprint density at radius 1 is 1.04 bits per heavy atom. The van der Waals surface area contributed by atoms with Crippen LogP contribution >= 0.6 is 0 Å². The van der Waals surface area contributed by atoms with Crippen LogP contribution < -0.4 is 15.0 Å². The van der Waals surface area contributed by atoms with Crippen LogP contribution in [-0.2, 0) is 10.0 Å². The first-order valence-electron chi connectivity index (χ1n) is 8.67. The molecule has 0 spiro atoms. The lowest BCUT2D eigenvalue weighted by atomic mass is 10.2. The number of nitrogens with zero attached hydrogens (tertiary/aromatic N) is 2. The van der Waals surface area contributed by atoms with Crippen LogP contribution in [0.1, 0.15) is 10.4 Å². The molecule has 1 heterocycles. The second-order valence-electron chi connectivity index (χ2n) is 6.17. The van der Waals surface area contributed by atoms with Crippen molar-refractivity contribution in [3.8, 4) is 5.75 Å². The van der Waals surface area contributed by atoms with Crippen LogP contribution in [0.5, 0.6) is 5.75 Å². The van der Waals surface area contributed by atoms with Crippen molar-refractivity contribution in [2.45, 2.75) is 4.90 Å². The molecule has 7 nitrogen and oxygen atoms in total. The molecule has 0 radical (unpaired) electrons. The zero-order valence-electron chi connectivity index (χ0n) is 15.4. The van der Waals surface area contributed by atoms with Crippen LogP contribution in [0.4, 0.5) is 5.69 Å². The molecule has 27 heavy (non-hydrogen) atoms.